The minimum Gasteiger partial charge on any atom is -0.496 e. The molecule has 208 valence electrons. The van der Waals surface area contributed by atoms with Gasteiger partial charge in [0.2, 0.25) is 5.91 Å². The summed E-state index contributed by atoms with van der Waals surface area (Å²) in [5.41, 5.74) is 2.29. The number of amides is 3. The molecule has 0 fully saturated rings. The van der Waals surface area contributed by atoms with Crippen molar-refractivity contribution in [2.45, 2.75) is 17.1 Å². The van der Waals surface area contributed by atoms with E-state index in [4.69, 9.17) is 4.74 Å². The Labute approximate surface area is 251 Å². The molecule has 1 unspecified atom stereocenters. The van der Waals surface area contributed by atoms with Gasteiger partial charge in [-0.2, -0.15) is 0 Å². The van der Waals surface area contributed by atoms with Crippen LogP contribution in [-0.4, -0.2) is 30.1 Å². The summed E-state index contributed by atoms with van der Waals surface area (Å²) in [6, 6.07) is 30.4. The first kappa shape index (κ1) is 29.6. The van der Waals surface area contributed by atoms with Crippen LogP contribution in [0.3, 0.4) is 0 Å². The number of carbonyl (C=O) groups is 3. The molecule has 0 aliphatic carbocycles. The SMILES string of the molecule is COc1ccccc1/C=C(/NC(=O)c1ccccc1)C(=O)Nc1cccc(SC(C)C(=O)Nc2ccccc2Br)c1. The zero-order chi connectivity index (χ0) is 29.2. The van der Waals surface area contributed by atoms with Gasteiger partial charge in [0.25, 0.3) is 11.8 Å². The highest BCUT2D eigenvalue weighted by Crippen LogP contribution is 2.28. The standard InChI is InChI=1S/C32H28BrN3O4S/c1-21(30(37)35-27-17-8-7-16-26(27)33)41-25-15-10-14-24(20-25)34-32(39)28(19-23-13-6-9-18-29(23)40-2)36-31(38)22-11-4-3-5-12-22/h3-21H,1-2H3,(H,34,39)(H,35,37)(H,36,38)/b28-19+. The van der Waals surface area contributed by atoms with Crippen LogP contribution in [0.2, 0.25) is 0 Å². The minimum absolute atomic E-state index is 0.0441. The van der Waals surface area contributed by atoms with Crippen molar-refractivity contribution in [3.05, 3.63) is 124 Å². The molecular formula is C32H28BrN3O4S. The fourth-order valence-electron chi connectivity index (χ4n) is 3.78. The maximum absolute atomic E-state index is 13.4. The van der Waals surface area contributed by atoms with Crippen molar-refractivity contribution in [3.8, 4) is 5.75 Å². The highest BCUT2D eigenvalue weighted by molar-refractivity contribution is 9.10. The number of hydrogen-bond acceptors (Lipinski definition) is 5. The zero-order valence-corrected chi connectivity index (χ0v) is 24.8. The number of ether oxygens (including phenoxy) is 1. The predicted molar refractivity (Wildman–Crippen MR) is 168 cm³/mol. The smallest absolute Gasteiger partial charge is 0.272 e. The molecule has 4 aromatic rings. The molecule has 3 N–H and O–H groups in total. The Bertz CT molecular complexity index is 1580. The van der Waals surface area contributed by atoms with E-state index in [0.717, 1.165) is 9.37 Å². The molecule has 41 heavy (non-hydrogen) atoms. The molecule has 0 saturated carbocycles. The van der Waals surface area contributed by atoms with E-state index in [1.807, 2.05) is 55.5 Å². The number of halogens is 1. The molecular weight excluding hydrogens is 602 g/mol. The molecule has 9 heteroatoms. The third-order valence-electron chi connectivity index (χ3n) is 5.87. The topological polar surface area (TPSA) is 96.5 Å². The lowest BCUT2D eigenvalue weighted by Gasteiger charge is -2.15. The molecule has 0 saturated heterocycles. The van der Waals surface area contributed by atoms with Crippen molar-refractivity contribution in [1.82, 2.24) is 5.32 Å². The Morgan fingerprint density at radius 1 is 0.854 bits per heavy atom. The lowest BCUT2D eigenvalue weighted by Crippen LogP contribution is -2.30. The number of carbonyl (C=O) groups excluding carboxylic acids is 3. The van der Waals surface area contributed by atoms with E-state index in [2.05, 4.69) is 31.9 Å². The van der Waals surface area contributed by atoms with Crippen molar-refractivity contribution in [3.63, 3.8) is 0 Å². The molecule has 0 radical (unpaired) electrons. The number of nitrogens with one attached hydrogen (secondary N) is 3. The number of thioether (sulfide) groups is 1. The van der Waals surface area contributed by atoms with Gasteiger partial charge in [-0.15, -0.1) is 11.8 Å². The molecule has 0 spiro atoms. The molecule has 0 aliphatic heterocycles. The van der Waals surface area contributed by atoms with Gasteiger partial charge in [0.15, 0.2) is 0 Å². The van der Waals surface area contributed by atoms with Gasteiger partial charge in [-0.3, -0.25) is 14.4 Å². The zero-order valence-electron chi connectivity index (χ0n) is 22.4. The van der Waals surface area contributed by atoms with Crippen LogP contribution in [0.15, 0.2) is 118 Å². The van der Waals surface area contributed by atoms with Crippen LogP contribution < -0.4 is 20.7 Å². The molecule has 0 heterocycles. The Morgan fingerprint density at radius 3 is 2.32 bits per heavy atom. The van der Waals surface area contributed by atoms with Crippen LogP contribution in [0.1, 0.15) is 22.8 Å². The highest BCUT2D eigenvalue weighted by Gasteiger charge is 2.18. The van der Waals surface area contributed by atoms with E-state index in [9.17, 15) is 14.4 Å². The molecule has 3 amide bonds. The van der Waals surface area contributed by atoms with Crippen molar-refractivity contribution >= 4 is 62.9 Å². The fraction of sp³-hybridized carbons (Fsp3) is 0.0938. The van der Waals surface area contributed by atoms with Gasteiger partial charge in [0.1, 0.15) is 11.4 Å². The van der Waals surface area contributed by atoms with E-state index in [-0.39, 0.29) is 11.6 Å². The van der Waals surface area contributed by atoms with Gasteiger partial charge < -0.3 is 20.7 Å². The summed E-state index contributed by atoms with van der Waals surface area (Å²) >= 11 is 4.80. The second-order valence-electron chi connectivity index (χ2n) is 8.83. The van der Waals surface area contributed by atoms with Gasteiger partial charge in [-0.1, -0.05) is 54.6 Å². The maximum atomic E-state index is 13.4. The van der Waals surface area contributed by atoms with Crippen LogP contribution in [0, 0.1) is 0 Å². The van der Waals surface area contributed by atoms with Crippen LogP contribution in [-0.2, 0) is 9.59 Å². The summed E-state index contributed by atoms with van der Waals surface area (Å²) in [7, 11) is 1.54. The van der Waals surface area contributed by atoms with E-state index >= 15 is 0 Å². The number of para-hydroxylation sites is 2. The van der Waals surface area contributed by atoms with Crippen LogP contribution in [0.4, 0.5) is 11.4 Å². The number of rotatable bonds is 10. The minimum atomic E-state index is -0.512. The first-order chi connectivity index (χ1) is 19.8. The summed E-state index contributed by atoms with van der Waals surface area (Å²) in [5.74, 6) is -0.528. The van der Waals surface area contributed by atoms with Crippen molar-refractivity contribution in [1.29, 1.82) is 0 Å². The molecule has 0 aromatic heterocycles. The van der Waals surface area contributed by atoms with E-state index in [0.29, 0.717) is 28.3 Å². The van der Waals surface area contributed by atoms with Crippen molar-refractivity contribution < 1.29 is 19.1 Å². The van der Waals surface area contributed by atoms with Gasteiger partial charge >= 0.3 is 0 Å². The quantitative estimate of drug-likeness (QED) is 0.130. The molecule has 0 aliphatic rings. The molecule has 4 rings (SSSR count). The second kappa shape index (κ2) is 14.3. The van der Waals surface area contributed by atoms with Gasteiger partial charge in [0.05, 0.1) is 18.0 Å². The third-order valence-corrected chi connectivity index (χ3v) is 7.66. The average molecular weight is 631 g/mol. The van der Waals surface area contributed by atoms with E-state index in [1.54, 1.807) is 60.7 Å². The van der Waals surface area contributed by atoms with Gasteiger partial charge in [0, 0.05) is 26.2 Å². The normalized spacial score (nSPS) is 11.7. The largest absolute Gasteiger partial charge is 0.496 e. The maximum Gasteiger partial charge on any atom is 0.272 e. The van der Waals surface area contributed by atoms with Crippen LogP contribution in [0.25, 0.3) is 6.08 Å². The fourth-order valence-corrected chi connectivity index (χ4v) is 5.09. The summed E-state index contributed by atoms with van der Waals surface area (Å²) in [5, 5.41) is 8.12. The van der Waals surface area contributed by atoms with Gasteiger partial charge in [-0.25, -0.2) is 0 Å². The number of methoxy groups -OCH3 is 1. The van der Waals surface area contributed by atoms with Crippen LogP contribution >= 0.6 is 27.7 Å². The van der Waals surface area contributed by atoms with Crippen molar-refractivity contribution in [2.24, 2.45) is 0 Å². The first-order valence-electron chi connectivity index (χ1n) is 12.7. The molecule has 1 atom stereocenters. The van der Waals surface area contributed by atoms with E-state index < -0.39 is 17.1 Å². The third kappa shape index (κ3) is 8.33. The first-order valence-corrected chi connectivity index (χ1v) is 14.4. The number of hydrogen-bond donors (Lipinski definition) is 3. The highest BCUT2D eigenvalue weighted by atomic mass is 79.9. The predicted octanol–water partition coefficient (Wildman–Crippen LogP) is 6.99. The Kier molecular flexibility index (Phi) is 10.4. The Hall–Kier alpha value is -4.34. The van der Waals surface area contributed by atoms with Gasteiger partial charge in [-0.05, 0) is 77.5 Å². The lowest BCUT2D eigenvalue weighted by atomic mass is 10.1. The summed E-state index contributed by atoms with van der Waals surface area (Å²) in [4.78, 5) is 40.0. The van der Waals surface area contributed by atoms with Crippen molar-refractivity contribution in [2.75, 3.05) is 17.7 Å². The monoisotopic (exact) mass is 629 g/mol. The molecule has 7 nitrogen and oxygen atoms in total. The summed E-state index contributed by atoms with van der Waals surface area (Å²) in [6.45, 7) is 1.81. The Morgan fingerprint density at radius 2 is 1.56 bits per heavy atom. The molecule has 0 bridgehead atoms. The number of benzene rings is 4. The number of anilines is 2. The molecule has 4 aromatic carbocycles. The summed E-state index contributed by atoms with van der Waals surface area (Å²) < 4.78 is 6.22. The van der Waals surface area contributed by atoms with Crippen LogP contribution in [0.5, 0.6) is 5.75 Å². The van der Waals surface area contributed by atoms with E-state index in [1.165, 1.54) is 18.9 Å². The lowest BCUT2D eigenvalue weighted by molar-refractivity contribution is -0.115. The second-order valence-corrected chi connectivity index (χ2v) is 11.1. The average Bonchev–Trinajstić information content (AvgIpc) is 2.98. The summed E-state index contributed by atoms with van der Waals surface area (Å²) in [6.07, 6.45) is 1.57. The Balaban J connectivity index is 1.51.